The number of rotatable bonds is 7. The third-order valence-corrected chi connectivity index (χ3v) is 5.22. The summed E-state index contributed by atoms with van der Waals surface area (Å²) in [6, 6.07) is 0. The van der Waals surface area contributed by atoms with E-state index in [2.05, 4.69) is 5.32 Å². The van der Waals surface area contributed by atoms with Crippen molar-refractivity contribution < 1.29 is 22.2 Å². The molecule has 1 fully saturated rings. The molecule has 0 aliphatic carbocycles. The molecule has 1 heterocycles. The Bertz CT molecular complexity index is 448. The van der Waals surface area contributed by atoms with Gasteiger partial charge in [0.2, 0.25) is 5.91 Å². The minimum Gasteiger partial charge on any atom is -0.356 e. The zero-order chi connectivity index (χ0) is 14.5. The fourth-order valence-electron chi connectivity index (χ4n) is 1.63. The van der Waals surface area contributed by atoms with E-state index < -0.39 is 14.9 Å². The molecule has 1 unspecified atom stereocenters. The van der Waals surface area contributed by atoms with Crippen LogP contribution in [0.15, 0.2) is 0 Å². The zero-order valence-corrected chi connectivity index (χ0v) is 12.7. The standard InChI is InChI=1S/C11H19NO5S2/c1-9(13)12-6-3-7-19(15,16)17-8-11(2)5-4-10(14)18-11/h3-8H2,1-2H3,(H,12,13). The van der Waals surface area contributed by atoms with E-state index in [1.54, 1.807) is 0 Å². The summed E-state index contributed by atoms with van der Waals surface area (Å²) < 4.78 is 27.8. The molecule has 0 radical (unpaired) electrons. The second-order valence-electron chi connectivity index (χ2n) is 4.78. The van der Waals surface area contributed by atoms with Crippen molar-refractivity contribution in [2.45, 2.75) is 37.9 Å². The summed E-state index contributed by atoms with van der Waals surface area (Å²) in [5.41, 5.74) is 0. The second kappa shape index (κ2) is 6.71. The van der Waals surface area contributed by atoms with E-state index in [4.69, 9.17) is 4.18 Å². The summed E-state index contributed by atoms with van der Waals surface area (Å²) in [6.45, 7) is 3.53. The summed E-state index contributed by atoms with van der Waals surface area (Å²) in [5, 5.41) is 2.60. The van der Waals surface area contributed by atoms with Gasteiger partial charge in [-0.3, -0.25) is 13.8 Å². The molecule has 1 amide bonds. The molecule has 19 heavy (non-hydrogen) atoms. The smallest absolute Gasteiger partial charge is 0.267 e. The van der Waals surface area contributed by atoms with Gasteiger partial charge in [-0.25, -0.2) is 0 Å². The van der Waals surface area contributed by atoms with Crippen molar-refractivity contribution in [3.8, 4) is 0 Å². The maximum atomic E-state index is 11.6. The summed E-state index contributed by atoms with van der Waals surface area (Å²) in [4.78, 5) is 21.8. The van der Waals surface area contributed by atoms with Crippen LogP contribution in [0.5, 0.6) is 0 Å². The van der Waals surface area contributed by atoms with Crippen LogP contribution in [0.1, 0.15) is 33.1 Å². The normalized spacial score (nSPS) is 23.6. The Balaban J connectivity index is 2.30. The van der Waals surface area contributed by atoms with E-state index in [1.807, 2.05) is 6.92 Å². The highest BCUT2D eigenvalue weighted by molar-refractivity contribution is 8.15. The van der Waals surface area contributed by atoms with Crippen LogP contribution in [0, 0.1) is 0 Å². The largest absolute Gasteiger partial charge is 0.356 e. The zero-order valence-electron chi connectivity index (χ0n) is 11.1. The Labute approximate surface area is 117 Å². The monoisotopic (exact) mass is 309 g/mol. The molecule has 0 aromatic heterocycles. The van der Waals surface area contributed by atoms with Crippen molar-refractivity contribution in [2.24, 2.45) is 0 Å². The molecule has 0 aromatic rings. The summed E-state index contributed by atoms with van der Waals surface area (Å²) >= 11 is 1.16. The number of thioether (sulfide) groups is 1. The SMILES string of the molecule is CC(=O)NCCCS(=O)(=O)OCC1(C)CCC(=O)S1. The lowest BCUT2D eigenvalue weighted by molar-refractivity contribution is -0.119. The average molecular weight is 309 g/mol. The van der Waals surface area contributed by atoms with Crippen LogP contribution < -0.4 is 5.32 Å². The molecule has 1 aliphatic rings. The highest BCUT2D eigenvalue weighted by Gasteiger charge is 2.36. The molecule has 1 rings (SSSR count). The van der Waals surface area contributed by atoms with Crippen molar-refractivity contribution in [2.75, 3.05) is 18.9 Å². The van der Waals surface area contributed by atoms with Gasteiger partial charge >= 0.3 is 0 Å². The van der Waals surface area contributed by atoms with Gasteiger partial charge in [-0.05, 0) is 19.8 Å². The molecule has 8 heteroatoms. The Morgan fingerprint density at radius 2 is 2.21 bits per heavy atom. The fourth-order valence-corrected chi connectivity index (χ4v) is 3.84. The molecule has 1 N–H and O–H groups in total. The lowest BCUT2D eigenvalue weighted by Crippen LogP contribution is -2.28. The maximum absolute atomic E-state index is 11.6. The summed E-state index contributed by atoms with van der Waals surface area (Å²) in [6.07, 6.45) is 1.41. The van der Waals surface area contributed by atoms with Crippen molar-refractivity contribution in [1.29, 1.82) is 0 Å². The first kappa shape index (κ1) is 16.5. The quantitative estimate of drug-likeness (QED) is 0.549. The molecular formula is C11H19NO5S2. The van der Waals surface area contributed by atoms with E-state index in [9.17, 15) is 18.0 Å². The number of carbonyl (C=O) groups excluding carboxylic acids is 2. The lowest BCUT2D eigenvalue weighted by atomic mass is 10.1. The Morgan fingerprint density at radius 1 is 1.53 bits per heavy atom. The molecule has 1 saturated heterocycles. The highest BCUT2D eigenvalue weighted by atomic mass is 32.2. The van der Waals surface area contributed by atoms with E-state index in [1.165, 1.54) is 6.92 Å². The van der Waals surface area contributed by atoms with Gasteiger partial charge in [0.15, 0.2) is 5.12 Å². The van der Waals surface area contributed by atoms with Crippen molar-refractivity contribution >= 4 is 32.9 Å². The lowest BCUT2D eigenvalue weighted by Gasteiger charge is -2.20. The molecule has 1 aliphatic heterocycles. The van der Waals surface area contributed by atoms with Crippen LogP contribution in [-0.2, 0) is 23.9 Å². The van der Waals surface area contributed by atoms with Crippen LogP contribution in [0.4, 0.5) is 0 Å². The van der Waals surface area contributed by atoms with Gasteiger partial charge in [0.25, 0.3) is 10.1 Å². The first-order valence-corrected chi connectivity index (χ1v) is 8.45. The number of nitrogens with one attached hydrogen (secondary N) is 1. The molecule has 110 valence electrons. The van der Waals surface area contributed by atoms with Gasteiger partial charge < -0.3 is 5.32 Å². The fraction of sp³-hybridized carbons (Fsp3) is 0.818. The third-order valence-electron chi connectivity index (χ3n) is 2.71. The number of hydrogen-bond donors (Lipinski definition) is 1. The summed E-state index contributed by atoms with van der Waals surface area (Å²) in [7, 11) is -3.60. The van der Waals surface area contributed by atoms with E-state index in [-0.39, 0.29) is 23.4 Å². The van der Waals surface area contributed by atoms with E-state index in [0.29, 0.717) is 25.8 Å². The molecule has 0 aromatic carbocycles. The Morgan fingerprint density at radius 3 is 2.74 bits per heavy atom. The molecule has 1 atom stereocenters. The Kier molecular flexibility index (Phi) is 5.82. The first-order valence-electron chi connectivity index (χ1n) is 6.06. The maximum Gasteiger partial charge on any atom is 0.267 e. The minimum absolute atomic E-state index is 0.0197. The average Bonchev–Trinajstić information content (AvgIpc) is 2.63. The first-order chi connectivity index (χ1) is 8.72. The summed E-state index contributed by atoms with van der Waals surface area (Å²) in [5.74, 6) is -0.325. The number of amides is 1. The second-order valence-corrected chi connectivity index (χ2v) is 8.19. The predicted molar refractivity (Wildman–Crippen MR) is 73.3 cm³/mol. The molecule has 0 spiro atoms. The van der Waals surface area contributed by atoms with Gasteiger partial charge in [-0.1, -0.05) is 11.8 Å². The van der Waals surface area contributed by atoms with Gasteiger partial charge in [0.05, 0.1) is 12.4 Å². The molecule has 0 bridgehead atoms. The molecule has 6 nitrogen and oxygen atoms in total. The predicted octanol–water partition coefficient (Wildman–Crippen LogP) is 0.671. The van der Waals surface area contributed by atoms with Gasteiger partial charge in [0.1, 0.15) is 0 Å². The topological polar surface area (TPSA) is 89.5 Å². The van der Waals surface area contributed by atoms with Gasteiger partial charge in [-0.15, -0.1) is 0 Å². The highest BCUT2D eigenvalue weighted by Crippen LogP contribution is 2.39. The van der Waals surface area contributed by atoms with Crippen LogP contribution in [0.2, 0.25) is 0 Å². The van der Waals surface area contributed by atoms with Crippen LogP contribution in [-0.4, -0.2) is 43.1 Å². The van der Waals surface area contributed by atoms with Crippen LogP contribution in [0.25, 0.3) is 0 Å². The van der Waals surface area contributed by atoms with Crippen molar-refractivity contribution in [3.63, 3.8) is 0 Å². The van der Waals surface area contributed by atoms with Crippen molar-refractivity contribution in [1.82, 2.24) is 5.32 Å². The number of carbonyl (C=O) groups is 2. The Hall–Kier alpha value is -0.600. The van der Waals surface area contributed by atoms with Crippen molar-refractivity contribution in [3.05, 3.63) is 0 Å². The van der Waals surface area contributed by atoms with E-state index >= 15 is 0 Å². The van der Waals surface area contributed by atoms with Crippen LogP contribution >= 0.6 is 11.8 Å². The molecular weight excluding hydrogens is 290 g/mol. The van der Waals surface area contributed by atoms with Gasteiger partial charge in [0, 0.05) is 24.6 Å². The van der Waals surface area contributed by atoms with Gasteiger partial charge in [-0.2, -0.15) is 8.42 Å². The molecule has 0 saturated carbocycles. The minimum atomic E-state index is -3.60. The number of hydrogen-bond acceptors (Lipinski definition) is 6. The van der Waals surface area contributed by atoms with E-state index in [0.717, 1.165) is 11.8 Å². The van der Waals surface area contributed by atoms with Crippen LogP contribution in [0.3, 0.4) is 0 Å². The third kappa shape index (κ3) is 6.40.